The second-order valence-electron chi connectivity index (χ2n) is 9.24. The Bertz CT molecular complexity index is 615. The first-order valence-electron chi connectivity index (χ1n) is 10.7. The molecule has 2 unspecified atom stereocenters. The summed E-state index contributed by atoms with van der Waals surface area (Å²) < 4.78 is 6.00. The molecule has 0 aliphatic carbocycles. The molecule has 28 heavy (non-hydrogen) atoms. The maximum absolute atomic E-state index is 10.7. The summed E-state index contributed by atoms with van der Waals surface area (Å²) in [4.78, 5) is 10.7. The predicted octanol–water partition coefficient (Wildman–Crippen LogP) is 6.91. The van der Waals surface area contributed by atoms with Gasteiger partial charge in [0.15, 0.2) is 0 Å². The number of carboxylic acid groups (broad SMARTS) is 1. The van der Waals surface area contributed by atoms with Crippen LogP contribution in [0, 0.1) is 16.7 Å². The Balaban J connectivity index is 2.60. The van der Waals surface area contributed by atoms with Gasteiger partial charge in [-0.1, -0.05) is 72.2 Å². The third kappa shape index (κ3) is 9.43. The van der Waals surface area contributed by atoms with E-state index in [1.54, 1.807) is 0 Å². The van der Waals surface area contributed by atoms with E-state index in [1.807, 2.05) is 24.3 Å². The van der Waals surface area contributed by atoms with Gasteiger partial charge in [-0.15, -0.1) is 0 Å². The van der Waals surface area contributed by atoms with Crippen molar-refractivity contribution in [3.05, 3.63) is 42.0 Å². The SMILES string of the molecule is CCCC(C)(/C=C\C(C)(C)CC)CC(C)COc1ccc(CCC(=O)O)cc1. The van der Waals surface area contributed by atoms with Crippen molar-refractivity contribution in [3.63, 3.8) is 0 Å². The summed E-state index contributed by atoms with van der Waals surface area (Å²) in [6.45, 7) is 14.4. The van der Waals surface area contributed by atoms with Crippen LogP contribution in [0.4, 0.5) is 0 Å². The number of rotatable bonds is 13. The summed E-state index contributed by atoms with van der Waals surface area (Å²) in [7, 11) is 0. The summed E-state index contributed by atoms with van der Waals surface area (Å²) >= 11 is 0. The lowest BCUT2D eigenvalue weighted by molar-refractivity contribution is -0.136. The minimum atomic E-state index is -0.763. The van der Waals surface area contributed by atoms with E-state index < -0.39 is 5.97 Å². The highest BCUT2D eigenvalue weighted by Crippen LogP contribution is 2.35. The summed E-state index contributed by atoms with van der Waals surface area (Å²) in [5.41, 5.74) is 1.48. The van der Waals surface area contributed by atoms with E-state index in [0.29, 0.717) is 18.9 Å². The van der Waals surface area contributed by atoms with Gasteiger partial charge in [0.25, 0.3) is 0 Å². The van der Waals surface area contributed by atoms with E-state index in [2.05, 4.69) is 53.7 Å². The largest absolute Gasteiger partial charge is 0.493 e. The van der Waals surface area contributed by atoms with Crippen molar-refractivity contribution in [1.82, 2.24) is 0 Å². The highest BCUT2D eigenvalue weighted by atomic mass is 16.5. The molecule has 0 amide bonds. The third-order valence-corrected chi connectivity index (χ3v) is 5.57. The van der Waals surface area contributed by atoms with Crippen LogP contribution >= 0.6 is 0 Å². The number of aryl methyl sites for hydroxylation is 1. The van der Waals surface area contributed by atoms with Gasteiger partial charge >= 0.3 is 5.97 Å². The molecule has 0 heterocycles. The fraction of sp³-hybridized carbons (Fsp3) is 0.640. The molecule has 2 atom stereocenters. The predicted molar refractivity (Wildman–Crippen MR) is 118 cm³/mol. The van der Waals surface area contributed by atoms with Crippen LogP contribution in [-0.4, -0.2) is 17.7 Å². The van der Waals surface area contributed by atoms with Crippen molar-refractivity contribution in [2.45, 2.75) is 80.1 Å². The van der Waals surface area contributed by atoms with Crippen molar-refractivity contribution >= 4 is 5.97 Å². The summed E-state index contributed by atoms with van der Waals surface area (Å²) in [6, 6.07) is 7.80. The molecule has 158 valence electrons. The van der Waals surface area contributed by atoms with E-state index in [1.165, 1.54) is 12.8 Å². The number of carbonyl (C=O) groups is 1. The number of ether oxygens (including phenoxy) is 1. The Morgan fingerprint density at radius 2 is 1.79 bits per heavy atom. The van der Waals surface area contributed by atoms with Crippen molar-refractivity contribution in [2.75, 3.05) is 6.61 Å². The lowest BCUT2D eigenvalue weighted by atomic mass is 9.76. The maximum atomic E-state index is 10.7. The van der Waals surface area contributed by atoms with Crippen molar-refractivity contribution < 1.29 is 14.6 Å². The molecule has 1 rings (SSSR count). The van der Waals surface area contributed by atoms with Gasteiger partial charge in [-0.3, -0.25) is 4.79 Å². The topological polar surface area (TPSA) is 46.5 Å². The van der Waals surface area contributed by atoms with Gasteiger partial charge in [-0.05, 0) is 60.1 Å². The van der Waals surface area contributed by atoms with E-state index in [9.17, 15) is 4.79 Å². The van der Waals surface area contributed by atoms with Crippen LogP contribution in [0.5, 0.6) is 5.75 Å². The van der Waals surface area contributed by atoms with Crippen LogP contribution in [0.2, 0.25) is 0 Å². The normalized spacial score (nSPS) is 15.4. The minimum absolute atomic E-state index is 0.162. The van der Waals surface area contributed by atoms with Crippen LogP contribution in [0.25, 0.3) is 0 Å². The quantitative estimate of drug-likeness (QED) is 0.373. The minimum Gasteiger partial charge on any atom is -0.493 e. The maximum Gasteiger partial charge on any atom is 0.303 e. The zero-order valence-corrected chi connectivity index (χ0v) is 18.8. The van der Waals surface area contributed by atoms with E-state index in [4.69, 9.17) is 9.84 Å². The fourth-order valence-corrected chi connectivity index (χ4v) is 3.47. The second kappa shape index (κ2) is 11.3. The first kappa shape index (κ1) is 24.3. The Morgan fingerprint density at radius 3 is 2.32 bits per heavy atom. The summed E-state index contributed by atoms with van der Waals surface area (Å²) in [5.74, 6) is 0.545. The molecule has 0 aliphatic heterocycles. The Morgan fingerprint density at radius 1 is 1.14 bits per heavy atom. The van der Waals surface area contributed by atoms with Gasteiger partial charge in [0.05, 0.1) is 6.61 Å². The van der Waals surface area contributed by atoms with Gasteiger partial charge in [0, 0.05) is 6.42 Å². The van der Waals surface area contributed by atoms with E-state index in [0.717, 1.165) is 24.2 Å². The van der Waals surface area contributed by atoms with Gasteiger partial charge in [-0.2, -0.15) is 0 Å². The lowest BCUT2D eigenvalue weighted by Crippen LogP contribution is -2.21. The van der Waals surface area contributed by atoms with E-state index >= 15 is 0 Å². The first-order chi connectivity index (χ1) is 13.1. The van der Waals surface area contributed by atoms with Gasteiger partial charge in [0.2, 0.25) is 0 Å². The van der Waals surface area contributed by atoms with Crippen LogP contribution in [0.3, 0.4) is 0 Å². The number of hydrogen-bond acceptors (Lipinski definition) is 2. The molecule has 3 nitrogen and oxygen atoms in total. The van der Waals surface area contributed by atoms with Crippen LogP contribution in [0.1, 0.15) is 79.2 Å². The zero-order valence-electron chi connectivity index (χ0n) is 18.8. The molecule has 0 saturated carbocycles. The molecule has 1 N–H and O–H groups in total. The van der Waals surface area contributed by atoms with Crippen LogP contribution in [0.15, 0.2) is 36.4 Å². The Kier molecular flexibility index (Phi) is 9.78. The zero-order chi connectivity index (χ0) is 21.2. The molecular weight excluding hydrogens is 348 g/mol. The number of carboxylic acids is 1. The summed E-state index contributed by atoms with van der Waals surface area (Å²) in [6.07, 6.45) is 10.2. The number of hydrogen-bond donors (Lipinski definition) is 1. The molecule has 3 heteroatoms. The van der Waals surface area contributed by atoms with Gasteiger partial charge < -0.3 is 9.84 Å². The van der Waals surface area contributed by atoms with Crippen LogP contribution in [-0.2, 0) is 11.2 Å². The summed E-state index contributed by atoms with van der Waals surface area (Å²) in [5, 5.41) is 8.77. The molecule has 0 bridgehead atoms. The highest BCUT2D eigenvalue weighted by molar-refractivity contribution is 5.67. The third-order valence-electron chi connectivity index (χ3n) is 5.57. The van der Waals surface area contributed by atoms with Gasteiger partial charge in [-0.25, -0.2) is 0 Å². The Labute approximate surface area is 172 Å². The molecule has 0 radical (unpaired) electrons. The average Bonchev–Trinajstić information content (AvgIpc) is 2.64. The molecule has 0 saturated heterocycles. The molecule has 1 aromatic rings. The van der Waals surface area contributed by atoms with Crippen molar-refractivity contribution in [3.8, 4) is 5.75 Å². The number of benzene rings is 1. The average molecular weight is 389 g/mol. The Hall–Kier alpha value is -1.77. The molecule has 0 fully saturated rings. The smallest absolute Gasteiger partial charge is 0.303 e. The number of aliphatic carboxylic acids is 1. The van der Waals surface area contributed by atoms with Crippen molar-refractivity contribution in [2.24, 2.45) is 16.7 Å². The molecular formula is C25H40O3. The van der Waals surface area contributed by atoms with Gasteiger partial charge in [0.1, 0.15) is 5.75 Å². The fourth-order valence-electron chi connectivity index (χ4n) is 3.47. The first-order valence-corrected chi connectivity index (χ1v) is 10.7. The lowest BCUT2D eigenvalue weighted by Gasteiger charge is -2.31. The van der Waals surface area contributed by atoms with Crippen molar-refractivity contribution in [1.29, 1.82) is 0 Å². The van der Waals surface area contributed by atoms with Crippen LogP contribution < -0.4 is 4.74 Å². The number of allylic oxidation sites excluding steroid dienone is 2. The molecule has 0 aliphatic rings. The monoisotopic (exact) mass is 388 g/mol. The molecule has 1 aromatic carbocycles. The second-order valence-corrected chi connectivity index (χ2v) is 9.24. The highest BCUT2D eigenvalue weighted by Gasteiger charge is 2.24. The van der Waals surface area contributed by atoms with E-state index in [-0.39, 0.29) is 17.3 Å². The standard InChI is InChI=1S/C25H40O3/c1-7-15-25(6,17-16-24(4,5)8-2)18-20(3)19-28-22-12-9-21(10-13-22)11-14-23(26)27/h9-10,12-13,16-17,20H,7-8,11,14-15,18-19H2,1-6H3,(H,26,27)/b17-16-. The molecule has 0 aromatic heterocycles. The molecule has 0 spiro atoms.